The molecule has 0 fully saturated rings. The Morgan fingerprint density at radius 2 is 1.80 bits per heavy atom. The third-order valence-electron chi connectivity index (χ3n) is 2.56. The van der Waals surface area contributed by atoms with E-state index in [9.17, 15) is 0 Å². The number of benzene rings is 1. The molecule has 2 heteroatoms. The first kappa shape index (κ1) is 10.4. The molecular formula is C13H15NS. The predicted molar refractivity (Wildman–Crippen MR) is 67.1 cm³/mol. The number of rotatable bonds is 2. The minimum absolute atomic E-state index is 0.114. The van der Waals surface area contributed by atoms with Gasteiger partial charge < -0.3 is 5.73 Å². The summed E-state index contributed by atoms with van der Waals surface area (Å²) in [5.74, 6) is 0. The maximum Gasteiger partial charge on any atom is 0.0371 e. The summed E-state index contributed by atoms with van der Waals surface area (Å²) >= 11 is 1.79. The fraction of sp³-hybridized carbons (Fsp3) is 0.231. The Bertz CT molecular complexity index is 440. The summed E-state index contributed by atoms with van der Waals surface area (Å²) in [4.78, 5) is 1.35. The number of nitrogens with two attached hydrogens (primary N) is 1. The highest BCUT2D eigenvalue weighted by Crippen LogP contribution is 2.29. The van der Waals surface area contributed by atoms with Gasteiger partial charge in [0.05, 0.1) is 0 Å². The number of thiophene rings is 1. The standard InChI is InChI=1S/C13H15NS/c1-9-7-8-15-13(9)12-5-3-11(4-6-12)10(2)14/h3-8,10H,14H2,1-2H3. The molecule has 0 amide bonds. The Balaban J connectivity index is 2.36. The van der Waals surface area contributed by atoms with E-state index in [2.05, 4.69) is 42.6 Å². The van der Waals surface area contributed by atoms with Crippen LogP contribution in [0.3, 0.4) is 0 Å². The van der Waals surface area contributed by atoms with Gasteiger partial charge in [0.15, 0.2) is 0 Å². The van der Waals surface area contributed by atoms with Gasteiger partial charge in [0.1, 0.15) is 0 Å². The lowest BCUT2D eigenvalue weighted by molar-refractivity contribution is 0.818. The van der Waals surface area contributed by atoms with E-state index in [0.717, 1.165) is 0 Å². The number of hydrogen-bond acceptors (Lipinski definition) is 2. The van der Waals surface area contributed by atoms with Crippen molar-refractivity contribution in [3.05, 3.63) is 46.8 Å². The largest absolute Gasteiger partial charge is 0.324 e. The van der Waals surface area contributed by atoms with Crippen molar-refractivity contribution in [2.24, 2.45) is 5.73 Å². The summed E-state index contributed by atoms with van der Waals surface area (Å²) in [5.41, 5.74) is 9.63. The van der Waals surface area contributed by atoms with Crippen LogP contribution in [0.25, 0.3) is 10.4 Å². The van der Waals surface area contributed by atoms with Crippen LogP contribution in [0.15, 0.2) is 35.7 Å². The van der Waals surface area contributed by atoms with Crippen molar-refractivity contribution in [1.29, 1.82) is 0 Å². The predicted octanol–water partition coefficient (Wildman–Crippen LogP) is 3.74. The minimum Gasteiger partial charge on any atom is -0.324 e. The Morgan fingerprint density at radius 1 is 1.13 bits per heavy atom. The Morgan fingerprint density at radius 3 is 2.27 bits per heavy atom. The molecule has 2 rings (SSSR count). The zero-order valence-electron chi connectivity index (χ0n) is 9.03. The lowest BCUT2D eigenvalue weighted by Gasteiger charge is -2.06. The van der Waals surface area contributed by atoms with Gasteiger partial charge in [0.25, 0.3) is 0 Å². The SMILES string of the molecule is Cc1ccsc1-c1ccc(C(C)N)cc1. The van der Waals surface area contributed by atoms with E-state index in [1.165, 1.54) is 21.6 Å². The van der Waals surface area contributed by atoms with E-state index in [-0.39, 0.29) is 6.04 Å². The molecule has 1 atom stereocenters. The molecule has 2 aromatic rings. The normalized spacial score (nSPS) is 12.7. The minimum atomic E-state index is 0.114. The van der Waals surface area contributed by atoms with Crippen LogP contribution < -0.4 is 5.73 Å². The van der Waals surface area contributed by atoms with Gasteiger partial charge >= 0.3 is 0 Å². The van der Waals surface area contributed by atoms with Gasteiger partial charge in [-0.1, -0.05) is 24.3 Å². The first-order valence-corrected chi connectivity index (χ1v) is 5.96. The van der Waals surface area contributed by atoms with Crippen LogP contribution in [0.2, 0.25) is 0 Å². The van der Waals surface area contributed by atoms with Crippen LogP contribution in [0.1, 0.15) is 24.1 Å². The fourth-order valence-corrected chi connectivity index (χ4v) is 2.54. The van der Waals surface area contributed by atoms with Crippen LogP contribution in [0.4, 0.5) is 0 Å². The average Bonchev–Trinajstić information content (AvgIpc) is 2.65. The monoisotopic (exact) mass is 217 g/mol. The molecule has 0 saturated heterocycles. The lowest BCUT2D eigenvalue weighted by atomic mass is 10.0. The molecular weight excluding hydrogens is 202 g/mol. The molecule has 0 saturated carbocycles. The van der Waals surface area contributed by atoms with Crippen LogP contribution in [-0.2, 0) is 0 Å². The average molecular weight is 217 g/mol. The lowest BCUT2D eigenvalue weighted by Crippen LogP contribution is -2.04. The van der Waals surface area contributed by atoms with E-state index in [4.69, 9.17) is 5.73 Å². The highest BCUT2D eigenvalue weighted by atomic mass is 32.1. The molecule has 0 aliphatic carbocycles. The Kier molecular flexibility index (Phi) is 2.89. The highest BCUT2D eigenvalue weighted by molar-refractivity contribution is 7.13. The molecule has 0 aliphatic rings. The summed E-state index contributed by atoms with van der Waals surface area (Å²) in [5, 5.41) is 2.13. The molecule has 1 nitrogen and oxygen atoms in total. The summed E-state index contributed by atoms with van der Waals surface area (Å²) in [6.45, 7) is 4.15. The van der Waals surface area contributed by atoms with Crippen molar-refractivity contribution in [3.63, 3.8) is 0 Å². The van der Waals surface area contributed by atoms with Crippen molar-refractivity contribution in [3.8, 4) is 10.4 Å². The quantitative estimate of drug-likeness (QED) is 0.814. The topological polar surface area (TPSA) is 26.0 Å². The molecule has 0 radical (unpaired) electrons. The second-order valence-corrected chi connectivity index (χ2v) is 4.76. The second-order valence-electron chi connectivity index (χ2n) is 3.84. The van der Waals surface area contributed by atoms with Crippen molar-refractivity contribution < 1.29 is 0 Å². The van der Waals surface area contributed by atoms with Gasteiger partial charge in [-0.2, -0.15) is 0 Å². The molecule has 1 aromatic heterocycles. The van der Waals surface area contributed by atoms with E-state index >= 15 is 0 Å². The van der Waals surface area contributed by atoms with Gasteiger partial charge in [-0.15, -0.1) is 11.3 Å². The molecule has 0 spiro atoms. The first-order valence-electron chi connectivity index (χ1n) is 5.08. The first-order chi connectivity index (χ1) is 7.18. The second kappa shape index (κ2) is 4.17. The van der Waals surface area contributed by atoms with E-state index < -0.39 is 0 Å². The molecule has 1 heterocycles. The van der Waals surface area contributed by atoms with Crippen LogP contribution in [-0.4, -0.2) is 0 Å². The molecule has 78 valence electrons. The third-order valence-corrected chi connectivity index (χ3v) is 3.63. The van der Waals surface area contributed by atoms with Gasteiger partial charge in [-0.3, -0.25) is 0 Å². The number of aryl methyl sites for hydroxylation is 1. The zero-order valence-corrected chi connectivity index (χ0v) is 9.84. The Hall–Kier alpha value is -1.12. The molecule has 1 aromatic carbocycles. The highest BCUT2D eigenvalue weighted by Gasteiger charge is 2.04. The van der Waals surface area contributed by atoms with Gasteiger partial charge in [0, 0.05) is 10.9 Å². The van der Waals surface area contributed by atoms with Gasteiger partial charge in [-0.25, -0.2) is 0 Å². The molecule has 0 aliphatic heterocycles. The summed E-state index contributed by atoms with van der Waals surface area (Å²) in [6, 6.07) is 10.8. The van der Waals surface area contributed by atoms with Crippen molar-refractivity contribution in [1.82, 2.24) is 0 Å². The van der Waals surface area contributed by atoms with Crippen LogP contribution >= 0.6 is 11.3 Å². The fourth-order valence-electron chi connectivity index (χ4n) is 1.61. The van der Waals surface area contributed by atoms with Crippen LogP contribution in [0, 0.1) is 6.92 Å². The Labute approximate surface area is 94.6 Å². The van der Waals surface area contributed by atoms with Crippen molar-refractivity contribution in [2.45, 2.75) is 19.9 Å². The van der Waals surface area contributed by atoms with E-state index in [0.29, 0.717) is 0 Å². The summed E-state index contributed by atoms with van der Waals surface area (Å²) < 4.78 is 0. The smallest absolute Gasteiger partial charge is 0.0371 e. The summed E-state index contributed by atoms with van der Waals surface area (Å²) in [6.07, 6.45) is 0. The molecule has 15 heavy (non-hydrogen) atoms. The van der Waals surface area contributed by atoms with Crippen molar-refractivity contribution in [2.75, 3.05) is 0 Å². The molecule has 1 unspecified atom stereocenters. The maximum atomic E-state index is 5.81. The third kappa shape index (κ3) is 2.11. The van der Waals surface area contributed by atoms with Gasteiger partial charge in [0.2, 0.25) is 0 Å². The van der Waals surface area contributed by atoms with E-state index in [1.807, 2.05) is 6.92 Å². The van der Waals surface area contributed by atoms with Gasteiger partial charge in [-0.05, 0) is 42.0 Å². The van der Waals surface area contributed by atoms with Crippen LogP contribution in [0.5, 0.6) is 0 Å². The molecule has 2 N–H and O–H groups in total. The molecule has 0 bridgehead atoms. The zero-order chi connectivity index (χ0) is 10.8. The summed E-state index contributed by atoms with van der Waals surface area (Å²) in [7, 11) is 0. The number of hydrogen-bond donors (Lipinski definition) is 1. The van der Waals surface area contributed by atoms with Crippen molar-refractivity contribution >= 4 is 11.3 Å². The van der Waals surface area contributed by atoms with E-state index in [1.54, 1.807) is 11.3 Å². The maximum absolute atomic E-state index is 5.81.